The topological polar surface area (TPSA) is 96.1 Å². The number of rotatable bonds is 6. The van der Waals surface area contributed by atoms with Gasteiger partial charge in [-0.3, -0.25) is 4.79 Å². The molecule has 2 atom stereocenters. The van der Waals surface area contributed by atoms with Crippen LogP contribution in [0.25, 0.3) is 0 Å². The third-order valence-corrected chi connectivity index (χ3v) is 3.06. The van der Waals surface area contributed by atoms with Gasteiger partial charge < -0.3 is 20.4 Å². The monoisotopic (exact) mass is 296 g/mol. The van der Waals surface area contributed by atoms with Crippen LogP contribution in [-0.2, 0) is 16.0 Å². The molecule has 7 nitrogen and oxygen atoms in total. The van der Waals surface area contributed by atoms with Gasteiger partial charge in [0.05, 0.1) is 12.8 Å². The Labute approximate surface area is 124 Å². The summed E-state index contributed by atoms with van der Waals surface area (Å²) in [6.45, 7) is 7.52. The van der Waals surface area contributed by atoms with Gasteiger partial charge >= 0.3 is 6.09 Å². The molecule has 0 aliphatic carbocycles. The molecule has 3 N–H and O–H groups in total. The number of methoxy groups -OCH3 is 1. The fraction of sp³-hybridized carbons (Fsp3) is 0.643. The molecule has 118 valence electrons. The molecule has 0 spiro atoms. The SMILES string of the molecule is COC(=O)N[C@H](C(=O)N[C@@H](C)Cc1nc(C)c[nH]1)C(C)C. The van der Waals surface area contributed by atoms with E-state index in [-0.39, 0.29) is 17.9 Å². The zero-order chi connectivity index (χ0) is 16.0. The summed E-state index contributed by atoms with van der Waals surface area (Å²) in [7, 11) is 1.27. The van der Waals surface area contributed by atoms with Crippen molar-refractivity contribution < 1.29 is 14.3 Å². The van der Waals surface area contributed by atoms with Crippen LogP contribution in [0, 0.1) is 12.8 Å². The Bertz CT molecular complexity index is 484. The maximum atomic E-state index is 12.2. The Morgan fingerprint density at radius 1 is 1.33 bits per heavy atom. The number of carbonyl (C=O) groups is 2. The molecule has 1 heterocycles. The first-order valence-electron chi connectivity index (χ1n) is 6.99. The molecule has 2 amide bonds. The van der Waals surface area contributed by atoms with Crippen LogP contribution in [0.15, 0.2) is 6.20 Å². The molecular formula is C14H24N4O3. The zero-order valence-electron chi connectivity index (χ0n) is 13.2. The minimum absolute atomic E-state index is 0.0397. The first kappa shape index (κ1) is 17.0. The lowest BCUT2D eigenvalue weighted by atomic mass is 10.0. The van der Waals surface area contributed by atoms with E-state index in [1.165, 1.54) is 7.11 Å². The molecule has 0 aliphatic rings. The second-order valence-electron chi connectivity index (χ2n) is 5.46. The molecule has 0 saturated heterocycles. The third kappa shape index (κ3) is 5.45. The molecule has 1 aromatic rings. The van der Waals surface area contributed by atoms with E-state index in [0.29, 0.717) is 6.42 Å². The van der Waals surface area contributed by atoms with Crippen LogP contribution in [0.2, 0.25) is 0 Å². The molecule has 0 aliphatic heterocycles. The molecule has 0 aromatic carbocycles. The average Bonchev–Trinajstić information content (AvgIpc) is 2.80. The van der Waals surface area contributed by atoms with Gasteiger partial charge in [0.15, 0.2) is 0 Å². The fourth-order valence-corrected chi connectivity index (χ4v) is 1.96. The van der Waals surface area contributed by atoms with E-state index in [1.54, 1.807) is 0 Å². The van der Waals surface area contributed by atoms with Crippen molar-refractivity contribution in [3.05, 3.63) is 17.7 Å². The van der Waals surface area contributed by atoms with Crippen LogP contribution in [-0.4, -0.2) is 41.2 Å². The van der Waals surface area contributed by atoms with E-state index in [0.717, 1.165) is 11.5 Å². The van der Waals surface area contributed by atoms with Crippen LogP contribution in [0.1, 0.15) is 32.3 Å². The van der Waals surface area contributed by atoms with E-state index in [9.17, 15) is 9.59 Å². The lowest BCUT2D eigenvalue weighted by Gasteiger charge is -2.23. The van der Waals surface area contributed by atoms with Gasteiger partial charge in [-0.15, -0.1) is 0 Å². The Kier molecular flexibility index (Phi) is 6.20. The second kappa shape index (κ2) is 7.66. The second-order valence-corrected chi connectivity index (χ2v) is 5.46. The number of imidazole rings is 1. The van der Waals surface area contributed by atoms with Crippen LogP contribution < -0.4 is 10.6 Å². The highest BCUT2D eigenvalue weighted by Crippen LogP contribution is 2.04. The standard InChI is InChI=1S/C14H24N4O3/c1-8(2)12(18-14(20)21-5)13(19)17-9(3)6-11-15-7-10(4)16-11/h7-9,12H,6H2,1-5H3,(H,15,16)(H,17,19)(H,18,20)/t9-,12-/m0/s1. The molecular weight excluding hydrogens is 272 g/mol. The largest absolute Gasteiger partial charge is 0.453 e. The quantitative estimate of drug-likeness (QED) is 0.733. The summed E-state index contributed by atoms with van der Waals surface area (Å²) in [5.74, 6) is 0.552. The number of hydrogen-bond donors (Lipinski definition) is 3. The number of aromatic nitrogens is 2. The van der Waals surface area contributed by atoms with Gasteiger partial charge in [-0.05, 0) is 19.8 Å². The number of aromatic amines is 1. The summed E-state index contributed by atoms with van der Waals surface area (Å²) in [6, 6.07) is -0.720. The van der Waals surface area contributed by atoms with Crippen LogP contribution in [0.3, 0.4) is 0 Å². The average molecular weight is 296 g/mol. The smallest absolute Gasteiger partial charge is 0.407 e. The normalized spacial score (nSPS) is 13.6. The summed E-state index contributed by atoms with van der Waals surface area (Å²) in [4.78, 5) is 30.9. The van der Waals surface area contributed by atoms with Crippen LogP contribution >= 0.6 is 0 Å². The van der Waals surface area contributed by atoms with E-state index < -0.39 is 12.1 Å². The summed E-state index contributed by atoms with van der Waals surface area (Å²) in [5, 5.41) is 5.42. The highest BCUT2D eigenvalue weighted by atomic mass is 16.5. The van der Waals surface area contributed by atoms with Gasteiger partial charge in [-0.1, -0.05) is 13.8 Å². The Balaban J connectivity index is 2.57. The number of carbonyl (C=O) groups excluding carboxylic acids is 2. The Morgan fingerprint density at radius 2 is 2.00 bits per heavy atom. The number of alkyl carbamates (subject to hydrolysis) is 1. The van der Waals surface area contributed by atoms with E-state index in [4.69, 9.17) is 0 Å². The highest BCUT2D eigenvalue weighted by Gasteiger charge is 2.25. The third-order valence-electron chi connectivity index (χ3n) is 3.06. The minimum Gasteiger partial charge on any atom is -0.453 e. The number of nitrogens with one attached hydrogen (secondary N) is 3. The molecule has 0 unspecified atom stereocenters. The van der Waals surface area contributed by atoms with Crippen molar-refractivity contribution >= 4 is 12.0 Å². The first-order chi connectivity index (χ1) is 9.83. The van der Waals surface area contributed by atoms with Crippen molar-refractivity contribution in [2.75, 3.05) is 7.11 Å². The van der Waals surface area contributed by atoms with E-state index in [1.807, 2.05) is 33.9 Å². The highest BCUT2D eigenvalue weighted by molar-refractivity contribution is 5.86. The lowest BCUT2D eigenvalue weighted by molar-refractivity contribution is -0.124. The van der Waals surface area contributed by atoms with Crippen molar-refractivity contribution in [1.29, 1.82) is 0 Å². The van der Waals surface area contributed by atoms with Gasteiger partial charge in [-0.2, -0.15) is 0 Å². The lowest BCUT2D eigenvalue weighted by Crippen LogP contribution is -2.52. The fourth-order valence-electron chi connectivity index (χ4n) is 1.96. The van der Waals surface area contributed by atoms with Gasteiger partial charge in [0.1, 0.15) is 11.9 Å². The molecule has 0 radical (unpaired) electrons. The van der Waals surface area contributed by atoms with Crippen molar-refractivity contribution in [3.8, 4) is 0 Å². The van der Waals surface area contributed by atoms with Gasteiger partial charge in [0.2, 0.25) is 5.91 Å². The van der Waals surface area contributed by atoms with E-state index in [2.05, 4.69) is 25.3 Å². The summed E-state index contributed by atoms with van der Waals surface area (Å²) >= 11 is 0. The van der Waals surface area contributed by atoms with Crippen molar-refractivity contribution in [2.45, 2.75) is 46.2 Å². The molecule has 1 rings (SSSR count). The summed E-state index contributed by atoms with van der Waals surface area (Å²) in [5.41, 5.74) is 0.913. The number of H-pyrrole nitrogens is 1. The number of aryl methyl sites for hydroxylation is 1. The number of ether oxygens (including phenoxy) is 1. The Hall–Kier alpha value is -2.05. The summed E-state index contributed by atoms with van der Waals surface area (Å²) in [6.07, 6.45) is 1.81. The zero-order valence-corrected chi connectivity index (χ0v) is 13.2. The molecule has 7 heteroatoms. The van der Waals surface area contributed by atoms with Gasteiger partial charge in [0, 0.05) is 18.7 Å². The van der Waals surface area contributed by atoms with Crippen LogP contribution in [0.4, 0.5) is 4.79 Å². The maximum Gasteiger partial charge on any atom is 0.407 e. The van der Waals surface area contributed by atoms with Crippen molar-refractivity contribution in [3.63, 3.8) is 0 Å². The molecule has 0 bridgehead atoms. The predicted octanol–water partition coefficient (Wildman–Crippen LogP) is 1.15. The van der Waals surface area contributed by atoms with Gasteiger partial charge in [-0.25, -0.2) is 9.78 Å². The Morgan fingerprint density at radius 3 is 2.48 bits per heavy atom. The first-order valence-corrected chi connectivity index (χ1v) is 6.99. The molecule has 0 fully saturated rings. The number of amides is 2. The van der Waals surface area contributed by atoms with E-state index >= 15 is 0 Å². The van der Waals surface area contributed by atoms with Gasteiger partial charge in [0.25, 0.3) is 0 Å². The molecule has 21 heavy (non-hydrogen) atoms. The maximum absolute atomic E-state index is 12.2. The molecule has 0 saturated carbocycles. The van der Waals surface area contributed by atoms with Crippen LogP contribution in [0.5, 0.6) is 0 Å². The summed E-state index contributed by atoms with van der Waals surface area (Å²) < 4.78 is 4.54. The van der Waals surface area contributed by atoms with Crippen molar-refractivity contribution in [2.24, 2.45) is 5.92 Å². The number of hydrogen-bond acceptors (Lipinski definition) is 4. The number of nitrogens with zero attached hydrogens (tertiary/aromatic N) is 1. The van der Waals surface area contributed by atoms with Crippen molar-refractivity contribution in [1.82, 2.24) is 20.6 Å². The molecule has 1 aromatic heterocycles. The minimum atomic E-state index is -0.627. The predicted molar refractivity (Wildman–Crippen MR) is 78.8 cm³/mol.